The third kappa shape index (κ3) is 6.41. The molecule has 106 valence electrons. The molecule has 1 aromatic rings. The van der Waals surface area contributed by atoms with Gasteiger partial charge in [-0.1, -0.05) is 43.7 Å². The van der Waals surface area contributed by atoms with E-state index in [0.717, 1.165) is 24.2 Å². The van der Waals surface area contributed by atoms with E-state index in [2.05, 4.69) is 19.6 Å². The Hall–Kier alpha value is -1.32. The Morgan fingerprint density at radius 1 is 1.32 bits per heavy atom. The number of aryl methyl sites for hydroxylation is 1. The van der Waals surface area contributed by atoms with E-state index in [9.17, 15) is 5.11 Å². The zero-order valence-electron chi connectivity index (χ0n) is 11.9. The van der Waals surface area contributed by atoms with Crippen LogP contribution in [0.4, 0.5) is 0 Å². The fourth-order valence-electron chi connectivity index (χ4n) is 1.72. The van der Waals surface area contributed by atoms with Crippen LogP contribution in [0, 0.1) is 0 Å². The van der Waals surface area contributed by atoms with Crippen molar-refractivity contribution >= 4 is 0 Å². The quantitative estimate of drug-likeness (QED) is 0.697. The van der Waals surface area contributed by atoms with Gasteiger partial charge < -0.3 is 14.6 Å². The van der Waals surface area contributed by atoms with Crippen molar-refractivity contribution in [2.24, 2.45) is 0 Å². The number of aliphatic hydroxyl groups is 1. The average molecular weight is 264 g/mol. The SMILES string of the molecule is C=C(C)COCC(O)COc1ccccc1CCC. The van der Waals surface area contributed by atoms with Crippen molar-refractivity contribution in [3.63, 3.8) is 0 Å². The lowest BCUT2D eigenvalue weighted by atomic mass is 10.1. The minimum absolute atomic E-state index is 0.247. The molecule has 0 heterocycles. The summed E-state index contributed by atoms with van der Waals surface area (Å²) in [7, 11) is 0. The van der Waals surface area contributed by atoms with E-state index >= 15 is 0 Å². The summed E-state index contributed by atoms with van der Waals surface area (Å²) in [6.07, 6.45) is 1.44. The van der Waals surface area contributed by atoms with Gasteiger partial charge in [0.15, 0.2) is 0 Å². The Morgan fingerprint density at radius 3 is 2.74 bits per heavy atom. The molecule has 0 saturated heterocycles. The summed E-state index contributed by atoms with van der Waals surface area (Å²) in [6.45, 7) is 8.76. The van der Waals surface area contributed by atoms with Crippen LogP contribution in [-0.4, -0.2) is 31.0 Å². The molecule has 3 nitrogen and oxygen atoms in total. The minimum atomic E-state index is -0.617. The lowest BCUT2D eigenvalue weighted by molar-refractivity contribution is 0.0193. The zero-order chi connectivity index (χ0) is 14.1. The summed E-state index contributed by atoms with van der Waals surface area (Å²) in [6, 6.07) is 7.94. The van der Waals surface area contributed by atoms with Gasteiger partial charge in [0.05, 0.1) is 13.2 Å². The molecule has 1 unspecified atom stereocenters. The molecule has 1 rings (SSSR count). The summed E-state index contributed by atoms with van der Waals surface area (Å²) in [4.78, 5) is 0. The van der Waals surface area contributed by atoms with Gasteiger partial charge in [-0.3, -0.25) is 0 Å². The molecular weight excluding hydrogens is 240 g/mol. The predicted octanol–water partition coefficient (Wildman–Crippen LogP) is 2.97. The number of aliphatic hydroxyl groups excluding tert-OH is 1. The monoisotopic (exact) mass is 264 g/mol. The smallest absolute Gasteiger partial charge is 0.122 e. The zero-order valence-corrected chi connectivity index (χ0v) is 11.9. The first-order valence-electron chi connectivity index (χ1n) is 6.74. The van der Waals surface area contributed by atoms with Crippen LogP contribution in [-0.2, 0) is 11.2 Å². The van der Waals surface area contributed by atoms with Gasteiger partial charge in [0.2, 0.25) is 0 Å². The average Bonchev–Trinajstić information content (AvgIpc) is 2.37. The molecular formula is C16H24O3. The van der Waals surface area contributed by atoms with Crippen molar-refractivity contribution in [1.29, 1.82) is 0 Å². The summed E-state index contributed by atoms with van der Waals surface area (Å²) in [5.74, 6) is 0.850. The van der Waals surface area contributed by atoms with Gasteiger partial charge in [0, 0.05) is 0 Å². The Balaban J connectivity index is 2.37. The number of hydrogen-bond acceptors (Lipinski definition) is 3. The molecule has 0 aromatic heterocycles. The fraction of sp³-hybridized carbons (Fsp3) is 0.500. The topological polar surface area (TPSA) is 38.7 Å². The third-order valence-electron chi connectivity index (χ3n) is 2.58. The molecule has 1 N–H and O–H groups in total. The van der Waals surface area contributed by atoms with Gasteiger partial charge in [-0.2, -0.15) is 0 Å². The molecule has 0 spiro atoms. The first-order chi connectivity index (χ1) is 9.13. The largest absolute Gasteiger partial charge is 0.491 e. The molecule has 0 aliphatic carbocycles. The van der Waals surface area contributed by atoms with Crippen molar-refractivity contribution < 1.29 is 14.6 Å². The Labute approximate surface area is 115 Å². The van der Waals surface area contributed by atoms with Gasteiger partial charge in [-0.15, -0.1) is 0 Å². The number of rotatable bonds is 9. The van der Waals surface area contributed by atoms with Crippen LogP contribution in [0.25, 0.3) is 0 Å². The predicted molar refractivity (Wildman–Crippen MR) is 77.6 cm³/mol. The Bertz CT molecular complexity index is 387. The van der Waals surface area contributed by atoms with Crippen molar-refractivity contribution in [3.05, 3.63) is 42.0 Å². The lowest BCUT2D eigenvalue weighted by Gasteiger charge is -2.15. The molecule has 0 amide bonds. The second kappa shape index (κ2) is 8.73. The van der Waals surface area contributed by atoms with Crippen LogP contribution >= 0.6 is 0 Å². The normalized spacial score (nSPS) is 12.2. The molecule has 0 aliphatic rings. The molecule has 0 saturated carbocycles. The molecule has 1 atom stereocenters. The third-order valence-corrected chi connectivity index (χ3v) is 2.58. The van der Waals surface area contributed by atoms with Gasteiger partial charge in [0.25, 0.3) is 0 Å². The van der Waals surface area contributed by atoms with E-state index < -0.39 is 6.10 Å². The number of para-hydroxylation sites is 1. The lowest BCUT2D eigenvalue weighted by Crippen LogP contribution is -2.24. The van der Waals surface area contributed by atoms with Gasteiger partial charge in [-0.05, 0) is 25.0 Å². The fourth-order valence-corrected chi connectivity index (χ4v) is 1.72. The second-order valence-electron chi connectivity index (χ2n) is 4.79. The summed E-state index contributed by atoms with van der Waals surface area (Å²) < 4.78 is 11.0. The van der Waals surface area contributed by atoms with E-state index in [0.29, 0.717) is 6.61 Å². The van der Waals surface area contributed by atoms with E-state index in [1.807, 2.05) is 25.1 Å². The van der Waals surface area contributed by atoms with Crippen molar-refractivity contribution in [2.45, 2.75) is 32.8 Å². The van der Waals surface area contributed by atoms with E-state index in [4.69, 9.17) is 9.47 Å². The first kappa shape index (κ1) is 15.7. The molecule has 0 radical (unpaired) electrons. The molecule has 1 aromatic carbocycles. The standard InChI is InChI=1S/C16H24O3/c1-4-7-14-8-5-6-9-16(14)19-12-15(17)11-18-10-13(2)3/h5-6,8-9,15,17H,2,4,7,10-12H2,1,3H3. The highest BCUT2D eigenvalue weighted by molar-refractivity contribution is 5.33. The Morgan fingerprint density at radius 2 is 2.05 bits per heavy atom. The summed E-state index contributed by atoms with van der Waals surface area (Å²) in [5, 5.41) is 9.76. The summed E-state index contributed by atoms with van der Waals surface area (Å²) in [5.41, 5.74) is 2.13. The molecule has 0 bridgehead atoms. The van der Waals surface area contributed by atoms with Crippen LogP contribution in [0.2, 0.25) is 0 Å². The second-order valence-corrected chi connectivity index (χ2v) is 4.79. The Kier molecular flexibility index (Phi) is 7.23. The van der Waals surface area contributed by atoms with Crippen molar-refractivity contribution in [3.8, 4) is 5.75 Å². The number of benzene rings is 1. The highest BCUT2D eigenvalue weighted by Crippen LogP contribution is 2.19. The number of ether oxygens (including phenoxy) is 2. The maximum atomic E-state index is 9.76. The van der Waals surface area contributed by atoms with Gasteiger partial charge >= 0.3 is 0 Å². The molecule has 0 fully saturated rings. The number of hydrogen-bond donors (Lipinski definition) is 1. The van der Waals surface area contributed by atoms with Crippen LogP contribution < -0.4 is 4.74 Å². The maximum Gasteiger partial charge on any atom is 0.122 e. The highest BCUT2D eigenvalue weighted by atomic mass is 16.5. The summed E-state index contributed by atoms with van der Waals surface area (Å²) >= 11 is 0. The molecule has 0 aliphatic heterocycles. The van der Waals surface area contributed by atoms with Crippen LogP contribution in [0.15, 0.2) is 36.4 Å². The van der Waals surface area contributed by atoms with Crippen LogP contribution in [0.1, 0.15) is 25.8 Å². The maximum absolute atomic E-state index is 9.76. The van der Waals surface area contributed by atoms with Gasteiger partial charge in [0.1, 0.15) is 18.5 Å². The first-order valence-corrected chi connectivity index (χ1v) is 6.74. The van der Waals surface area contributed by atoms with Crippen molar-refractivity contribution in [2.75, 3.05) is 19.8 Å². The molecule has 3 heteroatoms. The van der Waals surface area contributed by atoms with Crippen LogP contribution in [0.3, 0.4) is 0 Å². The van der Waals surface area contributed by atoms with E-state index in [1.165, 1.54) is 5.56 Å². The van der Waals surface area contributed by atoms with Crippen LogP contribution in [0.5, 0.6) is 5.75 Å². The van der Waals surface area contributed by atoms with Gasteiger partial charge in [-0.25, -0.2) is 0 Å². The van der Waals surface area contributed by atoms with Crippen molar-refractivity contribution in [1.82, 2.24) is 0 Å². The van der Waals surface area contributed by atoms with E-state index in [-0.39, 0.29) is 13.2 Å². The van der Waals surface area contributed by atoms with E-state index in [1.54, 1.807) is 0 Å². The molecule has 19 heavy (non-hydrogen) atoms. The highest BCUT2D eigenvalue weighted by Gasteiger charge is 2.07. The minimum Gasteiger partial charge on any atom is -0.491 e.